The average Bonchev–Trinajstić information content (AvgIpc) is 3.03. The Morgan fingerprint density at radius 1 is 1.00 bits per heavy atom. The lowest BCUT2D eigenvalue weighted by Crippen LogP contribution is -2.31. The van der Waals surface area contributed by atoms with Crippen molar-refractivity contribution in [1.29, 1.82) is 0 Å². The highest BCUT2D eigenvalue weighted by Crippen LogP contribution is 2.35. The van der Waals surface area contributed by atoms with E-state index in [0.29, 0.717) is 54.7 Å². The lowest BCUT2D eigenvalue weighted by molar-refractivity contribution is 0.0997. The molecule has 2 aliphatic rings. The third-order valence-corrected chi connectivity index (χ3v) is 9.25. The van der Waals surface area contributed by atoms with Crippen molar-refractivity contribution >= 4 is 37.5 Å². The second kappa shape index (κ2) is 10.1. The van der Waals surface area contributed by atoms with Crippen LogP contribution in [0.25, 0.3) is 10.2 Å². The number of benzene rings is 2. The molecular weight excluding hydrogens is 486 g/mol. The number of ether oxygens (including phenoxy) is 2. The Labute approximate surface area is 208 Å². The van der Waals surface area contributed by atoms with Gasteiger partial charge in [0, 0.05) is 37.3 Å². The first-order valence-corrected chi connectivity index (χ1v) is 14.4. The van der Waals surface area contributed by atoms with Crippen molar-refractivity contribution in [3.63, 3.8) is 0 Å². The van der Waals surface area contributed by atoms with Gasteiger partial charge in [-0.3, -0.25) is 4.79 Å². The molecule has 5 rings (SSSR count). The van der Waals surface area contributed by atoms with Crippen LogP contribution in [0, 0.1) is 0 Å². The summed E-state index contributed by atoms with van der Waals surface area (Å²) in [7, 11) is -3.56. The van der Waals surface area contributed by atoms with Crippen LogP contribution in [0.2, 0.25) is 0 Å². The van der Waals surface area contributed by atoms with Crippen LogP contribution in [0.15, 0.2) is 46.3 Å². The topological polar surface area (TPSA) is 90.2 Å². The molecule has 8 nitrogen and oxygen atoms in total. The molecule has 1 saturated heterocycles. The van der Waals surface area contributed by atoms with E-state index in [1.54, 1.807) is 16.4 Å². The second-order valence-electron chi connectivity index (χ2n) is 8.76. The third kappa shape index (κ3) is 4.87. The Morgan fingerprint density at radius 2 is 1.66 bits per heavy atom. The molecule has 2 aromatic carbocycles. The number of sulfonamides is 1. The monoisotopic (exact) mass is 515 g/mol. The van der Waals surface area contributed by atoms with Crippen molar-refractivity contribution in [2.75, 3.05) is 26.3 Å². The number of nitrogens with zero attached hydrogens (tertiary/aromatic N) is 3. The number of hydrogen-bond acceptors (Lipinski definition) is 6. The van der Waals surface area contributed by atoms with Gasteiger partial charge in [0.05, 0.1) is 15.1 Å². The molecule has 1 amide bonds. The molecule has 3 heterocycles. The molecule has 0 bridgehead atoms. The Balaban J connectivity index is 1.45. The van der Waals surface area contributed by atoms with E-state index in [9.17, 15) is 13.2 Å². The minimum absolute atomic E-state index is 0.212. The number of thiazole rings is 1. The summed E-state index contributed by atoms with van der Waals surface area (Å²) in [6.07, 6.45) is 4.75. The van der Waals surface area contributed by atoms with Crippen LogP contribution in [-0.2, 0) is 16.6 Å². The zero-order valence-corrected chi connectivity index (χ0v) is 21.4. The van der Waals surface area contributed by atoms with Gasteiger partial charge in [0.2, 0.25) is 10.0 Å². The fourth-order valence-corrected chi connectivity index (χ4v) is 7.07. The summed E-state index contributed by atoms with van der Waals surface area (Å²) in [6, 6.07) is 10.0. The maximum atomic E-state index is 13.0. The highest BCUT2D eigenvalue weighted by Gasteiger charge is 2.25. The molecule has 0 unspecified atom stereocenters. The van der Waals surface area contributed by atoms with Crippen molar-refractivity contribution in [3.05, 3.63) is 46.8 Å². The number of fused-ring (bicyclic) bond motifs is 2. The van der Waals surface area contributed by atoms with Crippen LogP contribution in [0.5, 0.6) is 11.5 Å². The zero-order valence-electron chi connectivity index (χ0n) is 19.7. The van der Waals surface area contributed by atoms with E-state index in [1.165, 1.54) is 23.5 Å². The third-order valence-electron chi connectivity index (χ3n) is 6.30. The van der Waals surface area contributed by atoms with Crippen LogP contribution in [0.4, 0.5) is 0 Å². The molecule has 3 aromatic rings. The smallest absolute Gasteiger partial charge is 0.279 e. The van der Waals surface area contributed by atoms with Crippen molar-refractivity contribution < 1.29 is 22.7 Å². The van der Waals surface area contributed by atoms with E-state index in [-0.39, 0.29) is 4.90 Å². The van der Waals surface area contributed by atoms with E-state index in [2.05, 4.69) is 11.9 Å². The minimum atomic E-state index is -3.56. The van der Waals surface area contributed by atoms with E-state index in [1.807, 2.05) is 16.7 Å². The van der Waals surface area contributed by atoms with Gasteiger partial charge < -0.3 is 14.0 Å². The summed E-state index contributed by atoms with van der Waals surface area (Å²) in [6.45, 7) is 4.89. The van der Waals surface area contributed by atoms with Gasteiger partial charge in [0.15, 0.2) is 16.3 Å². The highest BCUT2D eigenvalue weighted by atomic mass is 32.2. The second-order valence-corrected chi connectivity index (χ2v) is 11.7. The quantitative estimate of drug-likeness (QED) is 0.508. The van der Waals surface area contributed by atoms with Crippen LogP contribution in [0.1, 0.15) is 49.4 Å². The van der Waals surface area contributed by atoms with E-state index < -0.39 is 15.9 Å². The van der Waals surface area contributed by atoms with Crippen molar-refractivity contribution in [2.45, 2.75) is 50.5 Å². The van der Waals surface area contributed by atoms with Gasteiger partial charge in [-0.1, -0.05) is 31.1 Å². The Morgan fingerprint density at radius 3 is 2.31 bits per heavy atom. The average molecular weight is 516 g/mol. The van der Waals surface area contributed by atoms with Crippen LogP contribution >= 0.6 is 11.3 Å². The fourth-order valence-electron chi connectivity index (χ4n) is 4.48. The van der Waals surface area contributed by atoms with Crippen LogP contribution < -0.4 is 14.3 Å². The lowest BCUT2D eigenvalue weighted by Gasteiger charge is -2.19. The van der Waals surface area contributed by atoms with Gasteiger partial charge in [-0.15, -0.1) is 0 Å². The first-order valence-electron chi connectivity index (χ1n) is 12.1. The van der Waals surface area contributed by atoms with E-state index in [4.69, 9.17) is 9.47 Å². The molecule has 2 aliphatic heterocycles. The number of rotatable bonds is 5. The molecule has 0 saturated carbocycles. The van der Waals surface area contributed by atoms with Gasteiger partial charge in [-0.25, -0.2) is 8.42 Å². The summed E-state index contributed by atoms with van der Waals surface area (Å²) in [4.78, 5) is 18.2. The van der Waals surface area contributed by atoms with Crippen molar-refractivity contribution in [1.82, 2.24) is 8.87 Å². The van der Waals surface area contributed by atoms with Gasteiger partial charge in [-0.05, 0) is 43.5 Å². The number of hydrogen-bond donors (Lipinski definition) is 0. The SMILES string of the molecule is CCCn1c(=NC(=O)c2ccc(S(=O)(=O)N3CCCCCC3)cc2)sc2cc3c(cc21)OCCO3. The Hall–Kier alpha value is -2.69. The predicted molar refractivity (Wildman–Crippen MR) is 135 cm³/mol. The van der Waals surface area contributed by atoms with Gasteiger partial charge in [-0.2, -0.15) is 9.30 Å². The maximum absolute atomic E-state index is 13.0. The molecule has 0 aliphatic carbocycles. The standard InChI is InChI=1S/C25H29N3O5S2/c1-2-11-28-20-16-21-22(33-15-14-32-21)17-23(20)34-25(28)26-24(29)18-7-9-19(10-8-18)35(30,31)27-12-5-3-4-6-13-27/h7-10,16-17H,2-6,11-15H2,1H3. The molecule has 186 valence electrons. The van der Waals surface area contributed by atoms with Gasteiger partial charge in [0.25, 0.3) is 5.91 Å². The fraction of sp³-hybridized carbons (Fsp3) is 0.440. The number of aryl methyl sites for hydroxylation is 1. The van der Waals surface area contributed by atoms with Crippen LogP contribution in [-0.4, -0.2) is 49.5 Å². The maximum Gasteiger partial charge on any atom is 0.279 e. The molecule has 1 fully saturated rings. The van der Waals surface area contributed by atoms with Crippen molar-refractivity contribution in [2.24, 2.45) is 4.99 Å². The van der Waals surface area contributed by atoms with Gasteiger partial charge in [0.1, 0.15) is 13.2 Å². The number of amides is 1. The summed E-state index contributed by atoms with van der Waals surface area (Å²) >= 11 is 1.43. The molecule has 1 aromatic heterocycles. The van der Waals surface area contributed by atoms with E-state index >= 15 is 0 Å². The van der Waals surface area contributed by atoms with Crippen molar-refractivity contribution in [3.8, 4) is 11.5 Å². The Bertz CT molecular complexity index is 1400. The van der Waals surface area contributed by atoms with Crippen LogP contribution in [0.3, 0.4) is 0 Å². The first-order chi connectivity index (χ1) is 17.0. The molecular formula is C25H29N3O5S2. The molecule has 0 atom stereocenters. The summed E-state index contributed by atoms with van der Waals surface area (Å²) in [5, 5.41) is 0. The molecule has 0 spiro atoms. The molecule has 35 heavy (non-hydrogen) atoms. The van der Waals surface area contributed by atoms with E-state index in [0.717, 1.165) is 42.3 Å². The Kier molecular flexibility index (Phi) is 6.95. The zero-order chi connectivity index (χ0) is 24.4. The largest absolute Gasteiger partial charge is 0.486 e. The predicted octanol–water partition coefficient (Wildman–Crippen LogP) is 4.19. The number of aromatic nitrogens is 1. The number of carbonyl (C=O) groups excluding carboxylic acids is 1. The van der Waals surface area contributed by atoms with Gasteiger partial charge >= 0.3 is 0 Å². The lowest BCUT2D eigenvalue weighted by atomic mass is 10.2. The highest BCUT2D eigenvalue weighted by molar-refractivity contribution is 7.89. The molecule has 0 N–H and O–H groups in total. The summed E-state index contributed by atoms with van der Waals surface area (Å²) < 4.78 is 42.0. The summed E-state index contributed by atoms with van der Waals surface area (Å²) in [5.41, 5.74) is 1.30. The normalized spacial score (nSPS) is 17.5. The molecule has 0 radical (unpaired) electrons. The number of carbonyl (C=O) groups is 1. The minimum Gasteiger partial charge on any atom is -0.486 e. The molecule has 10 heteroatoms. The first kappa shape index (κ1) is 24.0. The summed E-state index contributed by atoms with van der Waals surface area (Å²) in [5.74, 6) is 0.996.